The summed E-state index contributed by atoms with van der Waals surface area (Å²) in [7, 11) is 0. The Bertz CT molecular complexity index is 835. The second-order valence-corrected chi connectivity index (χ2v) is 9.60. The number of hydrogen-bond donors (Lipinski definition) is 4. The number of aliphatic hydroxyl groups is 3. The van der Waals surface area contributed by atoms with E-state index in [0.717, 1.165) is 6.92 Å². The highest BCUT2D eigenvalue weighted by atomic mass is 19.4. The highest BCUT2D eigenvalue weighted by Crippen LogP contribution is 2.43. The van der Waals surface area contributed by atoms with Gasteiger partial charge in [0.15, 0.2) is 0 Å². The van der Waals surface area contributed by atoms with Crippen molar-refractivity contribution in [2.75, 3.05) is 19.8 Å². The van der Waals surface area contributed by atoms with E-state index in [1.54, 1.807) is 6.92 Å². The summed E-state index contributed by atoms with van der Waals surface area (Å²) in [5.74, 6) is -1.69. The molecule has 7 nitrogen and oxygen atoms in total. The summed E-state index contributed by atoms with van der Waals surface area (Å²) in [6.07, 6.45) is -10.5. The van der Waals surface area contributed by atoms with Crippen LogP contribution in [0.25, 0.3) is 0 Å². The van der Waals surface area contributed by atoms with Crippen LogP contribution in [0.5, 0.6) is 0 Å². The first-order valence-electron chi connectivity index (χ1n) is 12.2. The molecule has 0 aliphatic rings. The minimum absolute atomic E-state index is 0.0706. The van der Waals surface area contributed by atoms with Gasteiger partial charge >= 0.3 is 24.3 Å². The minimum atomic E-state index is -6.06. The lowest BCUT2D eigenvalue weighted by Gasteiger charge is -2.33. The number of carbonyl (C=O) groups excluding carboxylic acids is 1. The fourth-order valence-corrected chi connectivity index (χ4v) is 2.34. The number of alkyl halides is 6. The quantitative estimate of drug-likeness (QED) is 0.214. The predicted octanol–water partition coefficient (Wildman–Crippen LogP) is 5.47. The Kier molecular flexibility index (Phi) is 15.9. The Morgan fingerprint density at radius 3 is 1.51 bits per heavy atom. The molecule has 0 heterocycles. The van der Waals surface area contributed by atoms with Gasteiger partial charge in [0, 0.05) is 0 Å². The molecule has 1 rings (SSSR count). The van der Waals surface area contributed by atoms with Gasteiger partial charge in [0.2, 0.25) is 0 Å². The number of carboxylic acids is 1. The fourth-order valence-electron chi connectivity index (χ4n) is 2.34. The molecule has 0 bridgehead atoms. The van der Waals surface area contributed by atoms with Crippen LogP contribution in [0.4, 0.5) is 26.3 Å². The molecule has 0 saturated heterocycles. The molecule has 0 radical (unpaired) electrons. The molecule has 0 amide bonds. The van der Waals surface area contributed by atoms with Crippen LogP contribution in [0.2, 0.25) is 0 Å². The van der Waals surface area contributed by atoms with Crippen LogP contribution in [0.3, 0.4) is 0 Å². The number of carbonyl (C=O) groups is 2. The van der Waals surface area contributed by atoms with Gasteiger partial charge in [0.25, 0.3) is 5.60 Å². The average Bonchev–Trinajstić information content (AvgIpc) is 2.89. The van der Waals surface area contributed by atoms with Gasteiger partial charge in [-0.15, -0.1) is 0 Å². The highest BCUT2D eigenvalue weighted by Gasteiger charge is 2.71. The third-order valence-electron chi connectivity index (χ3n) is 6.60. The van der Waals surface area contributed by atoms with Crippen LogP contribution in [0.1, 0.15) is 72.3 Å². The fraction of sp³-hybridized carbons (Fsp3) is 0.692. The Hall–Kier alpha value is -2.38. The number of aliphatic carboxylic acids is 1. The summed E-state index contributed by atoms with van der Waals surface area (Å²) >= 11 is 0. The summed E-state index contributed by atoms with van der Waals surface area (Å²) in [6.45, 7) is 6.80. The van der Waals surface area contributed by atoms with Gasteiger partial charge < -0.3 is 25.2 Å². The number of esters is 1. The first-order valence-corrected chi connectivity index (χ1v) is 12.2. The first-order chi connectivity index (χ1) is 17.7. The van der Waals surface area contributed by atoms with Gasteiger partial charge in [-0.25, -0.2) is 0 Å². The number of aliphatic hydroxyl groups excluding tert-OH is 2. The maximum absolute atomic E-state index is 12.3. The van der Waals surface area contributed by atoms with Gasteiger partial charge in [-0.05, 0) is 44.6 Å². The highest BCUT2D eigenvalue weighted by molar-refractivity contribution is 5.76. The van der Waals surface area contributed by atoms with Crippen LogP contribution in [0, 0.1) is 10.8 Å². The van der Waals surface area contributed by atoms with E-state index in [9.17, 15) is 35.9 Å². The average molecular weight is 579 g/mol. The number of benzene rings is 1. The molecule has 0 aliphatic heterocycles. The summed E-state index contributed by atoms with van der Waals surface area (Å²) in [6, 6.07) is 10.6. The van der Waals surface area contributed by atoms with Gasteiger partial charge in [0.1, 0.15) is 6.61 Å². The summed E-state index contributed by atoms with van der Waals surface area (Å²) in [5.41, 5.74) is -6.29. The molecule has 3 unspecified atom stereocenters. The largest absolute Gasteiger partial charge is 0.481 e. The summed E-state index contributed by atoms with van der Waals surface area (Å²) in [4.78, 5) is 21.7. The maximum atomic E-state index is 12.3. The first kappa shape index (κ1) is 38.8. The number of carboxylic acid groups (broad SMARTS) is 1. The van der Waals surface area contributed by atoms with Gasteiger partial charge in [0.05, 0.1) is 24.0 Å². The molecule has 0 aliphatic carbocycles. The third-order valence-corrected chi connectivity index (χ3v) is 6.60. The Morgan fingerprint density at radius 1 is 0.846 bits per heavy atom. The van der Waals surface area contributed by atoms with Crippen molar-refractivity contribution in [3.05, 3.63) is 35.9 Å². The Balaban J connectivity index is 0. The summed E-state index contributed by atoms with van der Waals surface area (Å²) < 4.78 is 77.7. The van der Waals surface area contributed by atoms with Crippen molar-refractivity contribution in [3.8, 4) is 0 Å². The molecule has 0 saturated carbocycles. The lowest BCUT2D eigenvalue weighted by Crippen LogP contribution is -2.60. The smallest absolute Gasteiger partial charge is 0.429 e. The van der Waals surface area contributed by atoms with E-state index in [1.165, 1.54) is 25.8 Å². The maximum Gasteiger partial charge on any atom is 0.429 e. The predicted molar refractivity (Wildman–Crippen MR) is 132 cm³/mol. The topological polar surface area (TPSA) is 124 Å². The van der Waals surface area contributed by atoms with Crippen molar-refractivity contribution < 1.29 is 61.1 Å². The van der Waals surface area contributed by atoms with Crippen molar-refractivity contribution in [1.29, 1.82) is 0 Å². The van der Waals surface area contributed by atoms with Crippen LogP contribution in [-0.4, -0.2) is 70.1 Å². The van der Waals surface area contributed by atoms with E-state index >= 15 is 0 Å². The van der Waals surface area contributed by atoms with Crippen molar-refractivity contribution in [3.63, 3.8) is 0 Å². The summed E-state index contributed by atoms with van der Waals surface area (Å²) in [5, 5.41) is 34.7. The van der Waals surface area contributed by atoms with Crippen LogP contribution in [-0.2, 0) is 14.3 Å². The molecule has 39 heavy (non-hydrogen) atoms. The molecule has 4 N–H and O–H groups in total. The zero-order valence-electron chi connectivity index (χ0n) is 23.0. The van der Waals surface area contributed by atoms with E-state index < -0.39 is 53.9 Å². The van der Waals surface area contributed by atoms with E-state index in [1.807, 2.05) is 0 Å². The van der Waals surface area contributed by atoms with E-state index in [4.69, 9.17) is 20.4 Å². The Labute approximate surface area is 224 Å². The normalized spacial score (nSPS) is 15.8. The molecular formula is C26H40F6O7. The molecule has 13 heteroatoms. The second-order valence-electron chi connectivity index (χ2n) is 9.60. The van der Waals surface area contributed by atoms with E-state index in [-0.39, 0.29) is 13.0 Å². The molecule has 1 aromatic rings. The molecule has 0 spiro atoms. The van der Waals surface area contributed by atoms with Crippen LogP contribution in [0.15, 0.2) is 30.3 Å². The molecule has 1 aromatic carbocycles. The molecule has 0 aromatic heterocycles. The SMILES string of the molecule is CCC(C)(CO)C(=O)O.CCC(C)(CO)C(=O)OCC(O)(C(F)(F)F)C(F)(F)F.CCC(C)c1ccccc1. The van der Waals surface area contributed by atoms with Crippen LogP contribution >= 0.6 is 0 Å². The number of ether oxygens (including phenoxy) is 1. The van der Waals surface area contributed by atoms with E-state index in [0.29, 0.717) is 12.3 Å². The molecule has 3 atom stereocenters. The standard InChI is InChI=1S/C10H14F6O4.C10H14.C6H12O3/c1-3-7(2,4-17)6(18)20-5-8(19,9(11,12)13)10(14,15)16;1-3-9(2)10-7-5-4-6-8-10;1-3-6(2,4-7)5(8)9/h17,19H,3-5H2,1-2H3;4-9H,3H2,1-2H3;7H,3-4H2,1-2H3,(H,8,9). The van der Waals surface area contributed by atoms with Crippen LogP contribution < -0.4 is 0 Å². The number of hydrogen-bond acceptors (Lipinski definition) is 6. The number of rotatable bonds is 10. The van der Waals surface area contributed by atoms with Gasteiger partial charge in [-0.3, -0.25) is 9.59 Å². The Morgan fingerprint density at radius 2 is 1.26 bits per heavy atom. The third kappa shape index (κ3) is 11.3. The zero-order chi connectivity index (χ0) is 31.3. The van der Waals surface area contributed by atoms with Crippen molar-refractivity contribution >= 4 is 11.9 Å². The van der Waals surface area contributed by atoms with Crippen molar-refractivity contribution in [2.24, 2.45) is 10.8 Å². The van der Waals surface area contributed by atoms with Gasteiger partial charge in [-0.2, -0.15) is 26.3 Å². The van der Waals surface area contributed by atoms with E-state index in [2.05, 4.69) is 48.9 Å². The lowest BCUT2D eigenvalue weighted by molar-refractivity contribution is -0.375. The van der Waals surface area contributed by atoms with Gasteiger partial charge in [-0.1, -0.05) is 58.0 Å². The molecular weight excluding hydrogens is 538 g/mol. The lowest BCUT2D eigenvalue weighted by atomic mass is 9.89. The molecule has 0 fully saturated rings. The molecule has 228 valence electrons. The minimum Gasteiger partial charge on any atom is -0.481 e. The van der Waals surface area contributed by atoms with Crippen molar-refractivity contribution in [1.82, 2.24) is 0 Å². The number of halogens is 6. The zero-order valence-corrected chi connectivity index (χ0v) is 23.0. The monoisotopic (exact) mass is 578 g/mol. The second kappa shape index (κ2) is 16.0. The van der Waals surface area contributed by atoms with Crippen molar-refractivity contribution in [2.45, 2.75) is 84.7 Å².